The van der Waals surface area contributed by atoms with Crippen molar-refractivity contribution >= 4 is 27.5 Å². The van der Waals surface area contributed by atoms with Crippen molar-refractivity contribution in [3.05, 3.63) is 65.5 Å². The number of amides is 1. The minimum Gasteiger partial charge on any atom is -0.507 e. The standard InChI is InChI=1S/C22H26N4O5S/c1-24(2)12-13-26-19(16-6-5-11-23-14-16)18(21(28)22(26)29)20(27)15-7-9-17(10-8-15)32(30,31)25(3)4/h5-11,14,19,27H,12-13H2,1-4H3/t19-/m0/s1. The summed E-state index contributed by atoms with van der Waals surface area (Å²) in [7, 11) is 2.92. The molecule has 1 aliphatic rings. The third-order valence-electron chi connectivity index (χ3n) is 5.23. The highest BCUT2D eigenvalue weighted by molar-refractivity contribution is 7.89. The van der Waals surface area contributed by atoms with Gasteiger partial charge in [-0.3, -0.25) is 14.6 Å². The summed E-state index contributed by atoms with van der Waals surface area (Å²) in [4.78, 5) is 33.2. The number of pyridine rings is 1. The van der Waals surface area contributed by atoms with E-state index < -0.39 is 27.8 Å². The molecule has 9 nitrogen and oxygen atoms in total. The number of carbonyl (C=O) groups is 2. The Hall–Kier alpha value is -3.08. The molecule has 170 valence electrons. The fraction of sp³-hybridized carbons (Fsp3) is 0.318. The number of rotatable bonds is 7. The summed E-state index contributed by atoms with van der Waals surface area (Å²) >= 11 is 0. The number of likely N-dealkylation sites (tertiary alicyclic amines) is 1. The van der Waals surface area contributed by atoms with Gasteiger partial charge in [-0.2, -0.15) is 0 Å². The summed E-state index contributed by atoms with van der Waals surface area (Å²) in [5, 5.41) is 11.0. The van der Waals surface area contributed by atoms with E-state index in [-0.39, 0.29) is 28.3 Å². The van der Waals surface area contributed by atoms with E-state index >= 15 is 0 Å². The van der Waals surface area contributed by atoms with Crippen LogP contribution in [0, 0.1) is 0 Å². The van der Waals surface area contributed by atoms with Crippen LogP contribution < -0.4 is 0 Å². The molecule has 2 heterocycles. The SMILES string of the molecule is CN(C)CCN1C(=O)C(=O)C(=C(O)c2ccc(S(=O)(=O)N(C)C)cc2)[C@@H]1c1cccnc1. The smallest absolute Gasteiger partial charge is 0.295 e. The first kappa shape index (κ1) is 23.6. The number of nitrogens with zero attached hydrogens (tertiary/aromatic N) is 4. The average molecular weight is 459 g/mol. The van der Waals surface area contributed by atoms with Crippen LogP contribution in [0.4, 0.5) is 0 Å². The summed E-state index contributed by atoms with van der Waals surface area (Å²) in [6.45, 7) is 0.814. The van der Waals surface area contributed by atoms with E-state index in [1.165, 1.54) is 43.3 Å². The van der Waals surface area contributed by atoms with Crippen molar-refractivity contribution in [3.63, 3.8) is 0 Å². The van der Waals surface area contributed by atoms with E-state index in [1.807, 2.05) is 19.0 Å². The molecular weight excluding hydrogens is 432 g/mol. The molecule has 0 radical (unpaired) electrons. The van der Waals surface area contributed by atoms with Gasteiger partial charge in [-0.05, 0) is 50.0 Å². The Morgan fingerprint density at radius 3 is 2.28 bits per heavy atom. The Bertz CT molecular complexity index is 1140. The molecule has 0 aliphatic carbocycles. The molecule has 10 heteroatoms. The van der Waals surface area contributed by atoms with Gasteiger partial charge in [0.25, 0.3) is 11.7 Å². The van der Waals surface area contributed by atoms with Crippen molar-refractivity contribution in [1.82, 2.24) is 19.1 Å². The van der Waals surface area contributed by atoms with Crippen LogP contribution in [0.2, 0.25) is 0 Å². The second kappa shape index (κ2) is 9.19. The Balaban J connectivity index is 2.10. The highest BCUT2D eigenvalue weighted by atomic mass is 32.2. The maximum Gasteiger partial charge on any atom is 0.295 e. The fourth-order valence-corrected chi connectivity index (χ4v) is 4.36. The van der Waals surface area contributed by atoms with Crippen LogP contribution in [0.25, 0.3) is 5.76 Å². The molecule has 1 atom stereocenters. The molecule has 1 aromatic carbocycles. The van der Waals surface area contributed by atoms with E-state index in [9.17, 15) is 23.1 Å². The van der Waals surface area contributed by atoms with E-state index in [0.29, 0.717) is 12.1 Å². The monoisotopic (exact) mass is 458 g/mol. The largest absolute Gasteiger partial charge is 0.507 e. The molecule has 0 saturated carbocycles. The van der Waals surface area contributed by atoms with Crippen LogP contribution in [-0.2, 0) is 19.6 Å². The molecule has 0 spiro atoms. The Morgan fingerprint density at radius 1 is 1.09 bits per heavy atom. The van der Waals surface area contributed by atoms with Gasteiger partial charge < -0.3 is 14.9 Å². The molecule has 2 aromatic rings. The third kappa shape index (κ3) is 4.43. The predicted molar refractivity (Wildman–Crippen MR) is 119 cm³/mol. The van der Waals surface area contributed by atoms with E-state index in [1.54, 1.807) is 24.5 Å². The molecule has 32 heavy (non-hydrogen) atoms. The number of carbonyl (C=O) groups excluding carboxylic acids is 2. The second-order valence-corrected chi connectivity index (χ2v) is 10.0. The van der Waals surface area contributed by atoms with Gasteiger partial charge in [0.05, 0.1) is 16.5 Å². The van der Waals surface area contributed by atoms with E-state index in [4.69, 9.17) is 0 Å². The highest BCUT2D eigenvalue weighted by Gasteiger charge is 2.46. The predicted octanol–water partition coefficient (Wildman–Crippen LogP) is 1.32. The van der Waals surface area contributed by atoms with Crippen LogP contribution in [0.15, 0.2) is 59.3 Å². The number of benzene rings is 1. The van der Waals surface area contributed by atoms with Gasteiger partial charge in [0, 0.05) is 45.1 Å². The Labute approximate surface area is 187 Å². The number of Topliss-reactive ketones (excluding diaryl/α,β-unsaturated/α-hetero) is 1. The van der Waals surface area contributed by atoms with Crippen molar-refractivity contribution in [1.29, 1.82) is 0 Å². The van der Waals surface area contributed by atoms with Crippen LogP contribution in [0.5, 0.6) is 0 Å². The third-order valence-corrected chi connectivity index (χ3v) is 7.06. The zero-order chi connectivity index (χ0) is 23.6. The summed E-state index contributed by atoms with van der Waals surface area (Å²) in [5.41, 5.74) is 0.783. The van der Waals surface area contributed by atoms with Gasteiger partial charge in [-0.1, -0.05) is 6.07 Å². The maximum atomic E-state index is 12.9. The zero-order valence-electron chi connectivity index (χ0n) is 18.4. The van der Waals surface area contributed by atoms with Crippen molar-refractivity contribution in [2.45, 2.75) is 10.9 Å². The van der Waals surface area contributed by atoms with Crippen molar-refractivity contribution in [3.8, 4) is 0 Å². The lowest BCUT2D eigenvalue weighted by Gasteiger charge is -2.26. The summed E-state index contributed by atoms with van der Waals surface area (Å²) in [5.74, 6) is -1.85. The van der Waals surface area contributed by atoms with Crippen molar-refractivity contribution in [2.24, 2.45) is 0 Å². The second-order valence-electron chi connectivity index (χ2n) is 7.89. The minimum atomic E-state index is -3.64. The zero-order valence-corrected chi connectivity index (χ0v) is 19.2. The number of sulfonamides is 1. The average Bonchev–Trinajstić information content (AvgIpc) is 3.02. The van der Waals surface area contributed by atoms with Crippen molar-refractivity contribution in [2.75, 3.05) is 41.3 Å². The fourth-order valence-electron chi connectivity index (χ4n) is 3.45. The lowest BCUT2D eigenvalue weighted by atomic mass is 9.96. The van der Waals surface area contributed by atoms with Gasteiger partial charge in [0.15, 0.2) is 0 Å². The number of aliphatic hydroxyl groups excluding tert-OH is 1. The number of hydrogen-bond donors (Lipinski definition) is 1. The molecule has 0 unspecified atom stereocenters. The minimum absolute atomic E-state index is 0.0503. The molecule has 3 rings (SSSR count). The molecule has 1 saturated heterocycles. The van der Waals surface area contributed by atoms with Crippen LogP contribution >= 0.6 is 0 Å². The van der Waals surface area contributed by atoms with E-state index in [0.717, 1.165) is 4.31 Å². The first-order valence-electron chi connectivity index (χ1n) is 9.91. The Morgan fingerprint density at radius 2 is 1.75 bits per heavy atom. The number of likely N-dealkylation sites (N-methyl/N-ethyl adjacent to an activating group) is 1. The number of hydrogen-bond acceptors (Lipinski definition) is 7. The van der Waals surface area contributed by atoms with Gasteiger partial charge in [0.1, 0.15) is 5.76 Å². The van der Waals surface area contributed by atoms with E-state index in [2.05, 4.69) is 4.98 Å². The topological polar surface area (TPSA) is 111 Å². The van der Waals surface area contributed by atoms with Crippen LogP contribution in [0.3, 0.4) is 0 Å². The summed E-state index contributed by atoms with van der Waals surface area (Å²) in [6.07, 6.45) is 3.14. The molecule has 1 aromatic heterocycles. The molecule has 0 bridgehead atoms. The van der Waals surface area contributed by atoms with Gasteiger partial charge in [-0.25, -0.2) is 12.7 Å². The number of aromatic nitrogens is 1. The maximum absolute atomic E-state index is 12.9. The van der Waals surface area contributed by atoms with Crippen molar-refractivity contribution < 1.29 is 23.1 Å². The first-order valence-corrected chi connectivity index (χ1v) is 11.4. The van der Waals surface area contributed by atoms with Crippen LogP contribution in [-0.4, -0.2) is 85.6 Å². The Kier molecular flexibility index (Phi) is 6.77. The summed E-state index contributed by atoms with van der Waals surface area (Å²) < 4.78 is 25.7. The number of ketones is 1. The lowest BCUT2D eigenvalue weighted by Crippen LogP contribution is -2.35. The molecule has 1 fully saturated rings. The lowest BCUT2D eigenvalue weighted by molar-refractivity contribution is -0.140. The normalized spacial score (nSPS) is 18.7. The molecule has 1 amide bonds. The molecular formula is C22H26N4O5S. The van der Waals surface area contributed by atoms with Gasteiger partial charge in [0.2, 0.25) is 10.0 Å². The highest BCUT2D eigenvalue weighted by Crippen LogP contribution is 2.39. The molecule has 1 aliphatic heterocycles. The first-order chi connectivity index (χ1) is 15.1. The quantitative estimate of drug-likeness (QED) is 0.378. The van der Waals surface area contributed by atoms with Gasteiger partial charge in [-0.15, -0.1) is 0 Å². The number of aliphatic hydroxyl groups is 1. The van der Waals surface area contributed by atoms with Gasteiger partial charge >= 0.3 is 0 Å². The van der Waals surface area contributed by atoms with Crippen LogP contribution in [0.1, 0.15) is 17.2 Å². The summed E-state index contributed by atoms with van der Waals surface area (Å²) in [6, 6.07) is 8.18. The molecule has 1 N–H and O–H groups in total.